The highest BCUT2D eigenvalue weighted by atomic mass is 19.1. The van der Waals surface area contributed by atoms with Crippen LogP contribution in [0.2, 0.25) is 0 Å². The van der Waals surface area contributed by atoms with E-state index in [9.17, 15) is 4.39 Å². The van der Waals surface area contributed by atoms with Crippen molar-refractivity contribution in [2.24, 2.45) is 5.92 Å². The second kappa shape index (κ2) is 3.67. The zero-order valence-electron chi connectivity index (χ0n) is 7.66. The lowest BCUT2D eigenvalue weighted by Gasteiger charge is -2.06. The van der Waals surface area contributed by atoms with Gasteiger partial charge in [0.1, 0.15) is 11.6 Å². The molecule has 0 amide bonds. The van der Waals surface area contributed by atoms with Crippen molar-refractivity contribution in [3.05, 3.63) is 35.4 Å². The van der Waals surface area contributed by atoms with Crippen LogP contribution < -0.4 is 4.74 Å². The molecule has 0 N–H and O–H groups in total. The van der Waals surface area contributed by atoms with Crippen LogP contribution in [-0.4, -0.2) is 6.61 Å². The fourth-order valence-corrected chi connectivity index (χ4v) is 1.19. The first-order chi connectivity index (χ1) is 6.79. The van der Waals surface area contributed by atoms with Crippen LogP contribution in [0.25, 0.3) is 4.85 Å². The monoisotopic (exact) mass is 191 g/mol. The van der Waals surface area contributed by atoms with Crippen LogP contribution in [0.3, 0.4) is 0 Å². The van der Waals surface area contributed by atoms with Gasteiger partial charge in [-0.15, -0.1) is 0 Å². The first-order valence-corrected chi connectivity index (χ1v) is 4.59. The summed E-state index contributed by atoms with van der Waals surface area (Å²) in [7, 11) is 0. The smallest absolute Gasteiger partial charge is 0.228 e. The molecule has 0 spiro atoms. The molecule has 72 valence electrons. The molecule has 0 aromatic heterocycles. The van der Waals surface area contributed by atoms with Crippen molar-refractivity contribution in [3.8, 4) is 5.75 Å². The van der Waals surface area contributed by atoms with Gasteiger partial charge in [-0.3, -0.25) is 0 Å². The normalized spacial score (nSPS) is 14.9. The summed E-state index contributed by atoms with van der Waals surface area (Å²) in [5, 5.41) is 0. The van der Waals surface area contributed by atoms with Crippen molar-refractivity contribution in [1.29, 1.82) is 0 Å². The lowest BCUT2D eigenvalue weighted by molar-refractivity contribution is 0.300. The third kappa shape index (κ3) is 2.02. The molecule has 1 saturated carbocycles. The molecule has 2 rings (SSSR count). The van der Waals surface area contributed by atoms with E-state index in [0.717, 1.165) is 0 Å². The van der Waals surface area contributed by atoms with Crippen LogP contribution in [0.1, 0.15) is 12.8 Å². The zero-order chi connectivity index (χ0) is 9.97. The van der Waals surface area contributed by atoms with E-state index in [1.807, 2.05) is 0 Å². The van der Waals surface area contributed by atoms with Gasteiger partial charge in [0, 0.05) is 6.07 Å². The Hall–Kier alpha value is -1.56. The number of hydrogen-bond acceptors (Lipinski definition) is 1. The van der Waals surface area contributed by atoms with Crippen molar-refractivity contribution in [2.75, 3.05) is 6.61 Å². The summed E-state index contributed by atoms with van der Waals surface area (Å²) < 4.78 is 18.2. The molecule has 0 heterocycles. The highest BCUT2D eigenvalue weighted by molar-refractivity contribution is 5.57. The van der Waals surface area contributed by atoms with E-state index >= 15 is 0 Å². The van der Waals surface area contributed by atoms with Crippen molar-refractivity contribution < 1.29 is 9.13 Å². The van der Waals surface area contributed by atoms with E-state index in [4.69, 9.17) is 11.3 Å². The van der Waals surface area contributed by atoms with Gasteiger partial charge in [-0.25, -0.2) is 9.24 Å². The first kappa shape index (κ1) is 9.01. The Bertz CT molecular complexity index is 379. The number of ether oxygens (including phenoxy) is 1. The highest BCUT2D eigenvalue weighted by Gasteiger charge is 2.22. The molecule has 3 heteroatoms. The summed E-state index contributed by atoms with van der Waals surface area (Å²) in [4.78, 5) is 3.27. The Kier molecular flexibility index (Phi) is 2.36. The summed E-state index contributed by atoms with van der Waals surface area (Å²) in [6.45, 7) is 7.48. The molecule has 0 saturated heterocycles. The van der Waals surface area contributed by atoms with Crippen LogP contribution >= 0.6 is 0 Å². The van der Waals surface area contributed by atoms with E-state index in [1.54, 1.807) is 0 Å². The largest absolute Gasteiger partial charge is 0.504 e. The number of nitrogens with zero attached hydrogens (tertiary/aromatic N) is 1. The molecule has 14 heavy (non-hydrogen) atoms. The second-order valence-corrected chi connectivity index (χ2v) is 3.48. The van der Waals surface area contributed by atoms with E-state index in [1.165, 1.54) is 31.0 Å². The Morgan fingerprint density at radius 2 is 2.29 bits per heavy atom. The topological polar surface area (TPSA) is 13.6 Å². The lowest BCUT2D eigenvalue weighted by Crippen LogP contribution is -1.99. The van der Waals surface area contributed by atoms with Gasteiger partial charge in [0.25, 0.3) is 0 Å². The van der Waals surface area contributed by atoms with E-state index < -0.39 is 0 Å². The second-order valence-electron chi connectivity index (χ2n) is 3.48. The maximum atomic E-state index is 12.8. The van der Waals surface area contributed by atoms with Gasteiger partial charge in [0.05, 0.1) is 13.2 Å². The molecular weight excluding hydrogens is 181 g/mol. The van der Waals surface area contributed by atoms with E-state index in [0.29, 0.717) is 24.0 Å². The maximum Gasteiger partial charge on any atom is 0.228 e. The third-order valence-electron chi connectivity index (χ3n) is 2.21. The summed E-state index contributed by atoms with van der Waals surface area (Å²) in [5.74, 6) is 0.618. The van der Waals surface area contributed by atoms with Gasteiger partial charge in [-0.2, -0.15) is 0 Å². The van der Waals surface area contributed by atoms with Crippen molar-refractivity contribution in [2.45, 2.75) is 12.8 Å². The summed E-state index contributed by atoms with van der Waals surface area (Å²) in [6.07, 6.45) is 2.37. The minimum Gasteiger partial charge on any atom is -0.504 e. The minimum absolute atomic E-state index is 0.358. The number of hydrogen-bond donors (Lipinski definition) is 0. The Labute approximate surface area is 82.1 Å². The fraction of sp³-hybridized carbons (Fsp3) is 0.364. The van der Waals surface area contributed by atoms with Crippen molar-refractivity contribution >= 4 is 5.69 Å². The molecule has 0 bridgehead atoms. The zero-order valence-corrected chi connectivity index (χ0v) is 7.66. The van der Waals surface area contributed by atoms with Gasteiger partial charge >= 0.3 is 0 Å². The maximum absolute atomic E-state index is 12.8. The van der Waals surface area contributed by atoms with Crippen LogP contribution in [-0.2, 0) is 0 Å². The quantitative estimate of drug-likeness (QED) is 0.669. The van der Waals surface area contributed by atoms with Gasteiger partial charge in [-0.1, -0.05) is 0 Å². The van der Waals surface area contributed by atoms with Crippen molar-refractivity contribution in [1.82, 2.24) is 0 Å². The molecule has 1 aliphatic rings. The summed E-state index contributed by atoms with van der Waals surface area (Å²) in [6, 6.07) is 4.00. The van der Waals surface area contributed by atoms with Crippen molar-refractivity contribution in [3.63, 3.8) is 0 Å². The Morgan fingerprint density at radius 3 is 2.93 bits per heavy atom. The summed E-state index contributed by atoms with van der Waals surface area (Å²) >= 11 is 0. The first-order valence-electron chi connectivity index (χ1n) is 4.59. The molecule has 1 aromatic rings. The van der Waals surface area contributed by atoms with Crippen LogP contribution in [0, 0.1) is 18.3 Å². The standard InChI is InChI=1S/C11H10FNO/c1-13-10-5-4-9(12)6-11(10)14-7-8-2-3-8/h4-6,8H,2-3,7H2. The molecule has 0 radical (unpaired) electrons. The van der Waals surface area contributed by atoms with Gasteiger partial charge < -0.3 is 4.74 Å². The average molecular weight is 191 g/mol. The molecule has 0 unspecified atom stereocenters. The number of benzene rings is 1. The molecule has 0 aliphatic heterocycles. The molecule has 2 nitrogen and oxygen atoms in total. The molecule has 1 aliphatic carbocycles. The molecule has 1 aromatic carbocycles. The van der Waals surface area contributed by atoms with E-state index in [-0.39, 0.29) is 5.82 Å². The molecular formula is C11H10FNO. The van der Waals surface area contributed by atoms with Gasteiger partial charge in [0.15, 0.2) is 0 Å². The molecule has 1 fully saturated rings. The fourth-order valence-electron chi connectivity index (χ4n) is 1.19. The molecule has 0 atom stereocenters. The van der Waals surface area contributed by atoms with Gasteiger partial charge in [-0.05, 0) is 30.9 Å². The van der Waals surface area contributed by atoms with Crippen LogP contribution in [0.5, 0.6) is 5.75 Å². The lowest BCUT2D eigenvalue weighted by atomic mass is 10.3. The van der Waals surface area contributed by atoms with Crippen LogP contribution in [0.4, 0.5) is 10.1 Å². The predicted octanol–water partition coefficient (Wildman–Crippen LogP) is 3.17. The average Bonchev–Trinajstić information content (AvgIpc) is 2.98. The van der Waals surface area contributed by atoms with E-state index in [2.05, 4.69) is 4.85 Å². The highest BCUT2D eigenvalue weighted by Crippen LogP contribution is 2.33. The van der Waals surface area contributed by atoms with Crippen LogP contribution in [0.15, 0.2) is 18.2 Å². The van der Waals surface area contributed by atoms with Gasteiger partial charge in [0.2, 0.25) is 5.69 Å². The number of halogens is 1. The predicted molar refractivity (Wildman–Crippen MR) is 50.9 cm³/mol. The minimum atomic E-state index is -0.358. The SMILES string of the molecule is [C-]#[N+]c1ccc(F)cc1OCC1CC1. The number of rotatable bonds is 3. The summed E-state index contributed by atoms with van der Waals surface area (Å²) in [5.41, 5.74) is 0.382. The Morgan fingerprint density at radius 1 is 1.50 bits per heavy atom. The Balaban J connectivity index is 2.12. The third-order valence-corrected chi connectivity index (χ3v) is 2.21.